The molecule has 1 heteroatoms. The molecule has 0 radical (unpaired) electrons. The third-order valence-corrected chi connectivity index (χ3v) is 3.46. The molecule has 0 heterocycles. The van der Waals surface area contributed by atoms with Crippen LogP contribution in [0.1, 0.15) is 45.2 Å². The van der Waals surface area contributed by atoms with Crippen LogP contribution in [0.3, 0.4) is 0 Å². The van der Waals surface area contributed by atoms with Gasteiger partial charge in [-0.1, -0.05) is 93.6 Å². The first-order valence-corrected chi connectivity index (χ1v) is 7.35. The van der Waals surface area contributed by atoms with Crippen LogP contribution < -0.4 is 0 Å². The van der Waals surface area contributed by atoms with Crippen LogP contribution in [-0.2, 0) is 5.41 Å². The van der Waals surface area contributed by atoms with E-state index in [-0.39, 0.29) is 10.9 Å². The highest BCUT2D eigenvalue weighted by molar-refractivity contribution is 5.36. The van der Waals surface area contributed by atoms with E-state index in [1.54, 1.807) is 0 Å². The molecule has 0 unspecified atom stereocenters. The molecule has 2 aromatic rings. The van der Waals surface area contributed by atoms with Crippen LogP contribution >= 0.6 is 0 Å². The van der Waals surface area contributed by atoms with Crippen LogP contribution in [-0.4, -0.2) is 5.48 Å². The van der Waals surface area contributed by atoms with Gasteiger partial charge in [0.15, 0.2) is 0 Å². The number of hydrogen-bond acceptors (Lipinski definition) is 0. The van der Waals surface area contributed by atoms with Crippen molar-refractivity contribution < 1.29 is 5.48 Å². The normalized spacial score (nSPS) is 10.5. The third-order valence-electron chi connectivity index (χ3n) is 3.46. The molecule has 0 saturated carbocycles. The molecule has 2 rings (SSSR count). The maximum Gasteiger partial charge on any atom is 0.0146 e. The number of rotatable bonds is 3. The Kier molecular flexibility index (Phi) is 9.07. The highest BCUT2D eigenvalue weighted by Crippen LogP contribution is 2.30. The monoisotopic (exact) mass is 284 g/mol. The maximum absolute atomic E-state index is 2.26. The van der Waals surface area contributed by atoms with Crippen LogP contribution in [0.25, 0.3) is 0 Å². The SMILES string of the molecule is CC(C)(c1ccccc1)c1ccccc1.CC=CCC.O. The predicted molar refractivity (Wildman–Crippen MR) is 93.7 cm³/mol. The zero-order valence-corrected chi connectivity index (χ0v) is 13.6. The van der Waals surface area contributed by atoms with E-state index >= 15 is 0 Å². The Labute approximate surface area is 129 Å². The standard InChI is InChI=1S/C15H16.C5H10.H2O/c1-15(2,13-9-5-3-6-10-13)14-11-7-4-8-12-14;1-3-5-4-2;/h3-12H,1-2H3;3,5H,4H2,1-2H3;1H2. The quantitative estimate of drug-likeness (QED) is 0.697. The van der Waals surface area contributed by atoms with Crippen molar-refractivity contribution in [2.75, 3.05) is 0 Å². The zero-order valence-electron chi connectivity index (χ0n) is 13.6. The van der Waals surface area contributed by atoms with Crippen LogP contribution in [0, 0.1) is 0 Å². The fraction of sp³-hybridized carbons (Fsp3) is 0.300. The summed E-state index contributed by atoms with van der Waals surface area (Å²) < 4.78 is 0. The molecule has 0 aromatic heterocycles. The Morgan fingerprint density at radius 1 is 0.810 bits per heavy atom. The minimum absolute atomic E-state index is 0. The summed E-state index contributed by atoms with van der Waals surface area (Å²) in [5, 5.41) is 0. The number of benzene rings is 2. The van der Waals surface area contributed by atoms with Crippen LogP contribution in [0.15, 0.2) is 72.8 Å². The molecule has 0 saturated heterocycles. The molecule has 21 heavy (non-hydrogen) atoms. The van der Waals surface area contributed by atoms with Gasteiger partial charge in [0, 0.05) is 5.41 Å². The maximum atomic E-state index is 2.26. The van der Waals surface area contributed by atoms with E-state index in [0.29, 0.717) is 0 Å². The van der Waals surface area contributed by atoms with Crippen molar-refractivity contribution in [1.29, 1.82) is 0 Å². The smallest absolute Gasteiger partial charge is 0.0146 e. The average molecular weight is 284 g/mol. The Morgan fingerprint density at radius 2 is 1.19 bits per heavy atom. The first-order valence-electron chi connectivity index (χ1n) is 7.35. The van der Waals surface area contributed by atoms with Gasteiger partial charge in [-0.05, 0) is 24.5 Å². The third kappa shape index (κ3) is 5.97. The summed E-state index contributed by atoms with van der Waals surface area (Å²) in [5.41, 5.74) is 2.80. The second-order valence-electron chi connectivity index (χ2n) is 5.33. The van der Waals surface area contributed by atoms with Crippen molar-refractivity contribution >= 4 is 0 Å². The lowest BCUT2D eigenvalue weighted by atomic mass is 9.78. The minimum atomic E-state index is 0. The first kappa shape index (κ1) is 19.1. The van der Waals surface area contributed by atoms with E-state index in [1.165, 1.54) is 11.1 Å². The fourth-order valence-electron chi connectivity index (χ4n) is 2.11. The summed E-state index contributed by atoms with van der Waals surface area (Å²) in [6.07, 6.45) is 5.34. The Hall–Kier alpha value is -1.86. The van der Waals surface area contributed by atoms with Crippen LogP contribution in [0.4, 0.5) is 0 Å². The molecule has 0 aliphatic heterocycles. The molecular weight excluding hydrogens is 256 g/mol. The van der Waals surface area contributed by atoms with Gasteiger partial charge < -0.3 is 5.48 Å². The lowest BCUT2D eigenvalue weighted by Crippen LogP contribution is -2.18. The van der Waals surface area contributed by atoms with Crippen LogP contribution in [0.5, 0.6) is 0 Å². The second-order valence-corrected chi connectivity index (χ2v) is 5.33. The van der Waals surface area contributed by atoms with Gasteiger partial charge >= 0.3 is 0 Å². The van der Waals surface area contributed by atoms with Gasteiger partial charge in [-0.2, -0.15) is 0 Å². The lowest BCUT2D eigenvalue weighted by Gasteiger charge is -2.25. The van der Waals surface area contributed by atoms with Gasteiger partial charge in [-0.3, -0.25) is 0 Å². The van der Waals surface area contributed by atoms with E-state index < -0.39 is 0 Å². The molecule has 0 aliphatic rings. The van der Waals surface area contributed by atoms with Gasteiger partial charge in [0.05, 0.1) is 0 Å². The summed E-state index contributed by atoms with van der Waals surface area (Å²) in [4.78, 5) is 0. The fourth-order valence-corrected chi connectivity index (χ4v) is 2.11. The molecule has 0 amide bonds. The van der Waals surface area contributed by atoms with Crippen LogP contribution in [0.2, 0.25) is 0 Å². The van der Waals surface area contributed by atoms with E-state index in [4.69, 9.17) is 0 Å². The van der Waals surface area contributed by atoms with E-state index in [1.807, 2.05) is 6.92 Å². The molecule has 0 atom stereocenters. The van der Waals surface area contributed by atoms with E-state index in [9.17, 15) is 0 Å². The molecule has 0 aliphatic carbocycles. The van der Waals surface area contributed by atoms with Gasteiger partial charge in [-0.15, -0.1) is 0 Å². The van der Waals surface area contributed by atoms with Gasteiger partial charge in [-0.25, -0.2) is 0 Å². The highest BCUT2D eigenvalue weighted by atomic mass is 16.0. The van der Waals surface area contributed by atoms with Gasteiger partial charge in [0.1, 0.15) is 0 Å². The van der Waals surface area contributed by atoms with Crippen molar-refractivity contribution in [3.05, 3.63) is 83.9 Å². The molecule has 0 spiro atoms. The topological polar surface area (TPSA) is 31.5 Å². The highest BCUT2D eigenvalue weighted by Gasteiger charge is 2.21. The summed E-state index contributed by atoms with van der Waals surface area (Å²) >= 11 is 0. The Balaban J connectivity index is 0.000000583. The molecule has 0 fully saturated rings. The Morgan fingerprint density at radius 3 is 1.43 bits per heavy atom. The lowest BCUT2D eigenvalue weighted by molar-refractivity contribution is 0.641. The van der Waals surface area contributed by atoms with Gasteiger partial charge in [0.2, 0.25) is 0 Å². The van der Waals surface area contributed by atoms with Crippen molar-refractivity contribution in [3.63, 3.8) is 0 Å². The number of hydrogen-bond donors (Lipinski definition) is 0. The largest absolute Gasteiger partial charge is 0.412 e. The minimum Gasteiger partial charge on any atom is -0.412 e. The molecule has 1 nitrogen and oxygen atoms in total. The molecule has 114 valence electrons. The van der Waals surface area contributed by atoms with E-state index in [2.05, 4.69) is 93.6 Å². The second kappa shape index (κ2) is 9.95. The van der Waals surface area contributed by atoms with Crippen molar-refractivity contribution in [1.82, 2.24) is 0 Å². The summed E-state index contributed by atoms with van der Waals surface area (Å²) in [7, 11) is 0. The molecule has 0 bridgehead atoms. The Bertz CT molecular complexity index is 456. The average Bonchev–Trinajstić information content (AvgIpc) is 2.50. The summed E-state index contributed by atoms with van der Waals surface area (Å²) in [6.45, 7) is 8.68. The first-order chi connectivity index (χ1) is 9.62. The molecular formula is C20H28O. The predicted octanol–water partition coefficient (Wildman–Crippen LogP) is 5.16. The molecule has 2 aromatic carbocycles. The molecule has 2 N–H and O–H groups in total. The number of allylic oxidation sites excluding steroid dienone is 2. The van der Waals surface area contributed by atoms with Gasteiger partial charge in [0.25, 0.3) is 0 Å². The zero-order chi connectivity index (χ0) is 14.8. The van der Waals surface area contributed by atoms with Crippen molar-refractivity contribution in [2.45, 2.75) is 39.5 Å². The van der Waals surface area contributed by atoms with E-state index in [0.717, 1.165) is 6.42 Å². The summed E-state index contributed by atoms with van der Waals surface area (Å²) in [5.74, 6) is 0. The van der Waals surface area contributed by atoms with Crippen molar-refractivity contribution in [3.8, 4) is 0 Å². The van der Waals surface area contributed by atoms with Crippen molar-refractivity contribution in [2.24, 2.45) is 0 Å². The summed E-state index contributed by atoms with van der Waals surface area (Å²) in [6, 6.07) is 21.3.